The Morgan fingerprint density at radius 1 is 0.577 bits per heavy atom. The zero-order valence-electron chi connectivity index (χ0n) is 32.5. The third kappa shape index (κ3) is 4.57. The molecule has 252 valence electrons. The van der Waals surface area contributed by atoms with Gasteiger partial charge in [-0.05, 0) is 94.9 Å². The fourth-order valence-corrected chi connectivity index (χ4v) is 8.09. The van der Waals surface area contributed by atoms with Crippen LogP contribution in [0.2, 0.25) is 0 Å². The number of hydrogen-bond acceptors (Lipinski definition) is 3. The summed E-state index contributed by atoms with van der Waals surface area (Å²) in [5.74, 6) is 1.04. The van der Waals surface area contributed by atoms with Crippen molar-refractivity contribution in [3.8, 4) is 28.2 Å². The smallest absolute Gasteiger partial charge is 0.149 e. The molecular formula is C48H38N2O2. The highest BCUT2D eigenvalue weighted by molar-refractivity contribution is 6.17. The lowest BCUT2D eigenvalue weighted by Gasteiger charge is -2.24. The molecule has 0 spiro atoms. The summed E-state index contributed by atoms with van der Waals surface area (Å²) >= 11 is 0. The monoisotopic (exact) mass is 677 g/mol. The van der Waals surface area contributed by atoms with Gasteiger partial charge in [0, 0.05) is 31.0 Å². The Bertz CT molecular complexity index is 3120. The maximum atomic E-state index is 8.32. The van der Waals surface area contributed by atoms with Crippen LogP contribution < -0.4 is 0 Å². The molecule has 0 bridgehead atoms. The second kappa shape index (κ2) is 11.4. The number of furan rings is 2. The first-order valence-corrected chi connectivity index (χ1v) is 18.0. The number of para-hydroxylation sites is 2. The summed E-state index contributed by atoms with van der Waals surface area (Å²) in [4.78, 5) is 5.43. The van der Waals surface area contributed by atoms with E-state index in [0.29, 0.717) is 5.56 Å². The minimum Gasteiger partial charge on any atom is -0.456 e. The molecule has 0 amide bonds. The standard InChI is InChI=1S/C48H38N2O2/c1-27(2)36-23-32(30-12-7-6-8-13-30)24-37(28(3)4)45(36)50-46-38-22-29(5)18-19-31(38)20-21-41(46)49-48(50)35-16-11-15-34-40-26-43-39(25-44(40)52-47(34)35)33-14-9-10-17-42(33)51-43/h6-28H,1-5H3/i5D3. The topological polar surface area (TPSA) is 44.1 Å². The van der Waals surface area contributed by atoms with Gasteiger partial charge in [-0.25, -0.2) is 4.98 Å². The molecule has 7 aromatic carbocycles. The molecule has 0 unspecified atom stereocenters. The van der Waals surface area contributed by atoms with Crippen molar-refractivity contribution in [2.24, 2.45) is 0 Å². The number of nitrogens with zero attached hydrogens (tertiary/aromatic N) is 2. The summed E-state index contributed by atoms with van der Waals surface area (Å²) in [5, 5.41) is 5.78. The molecule has 4 heteroatoms. The van der Waals surface area contributed by atoms with Crippen molar-refractivity contribution in [1.29, 1.82) is 0 Å². The van der Waals surface area contributed by atoms with Crippen LogP contribution >= 0.6 is 0 Å². The summed E-state index contributed by atoms with van der Waals surface area (Å²) < 4.78 is 40.4. The van der Waals surface area contributed by atoms with Gasteiger partial charge in [-0.15, -0.1) is 0 Å². The number of fused-ring (bicyclic) bond motifs is 9. The van der Waals surface area contributed by atoms with Crippen LogP contribution in [0, 0.1) is 6.85 Å². The normalized spacial score (nSPS) is 13.4. The number of aryl methyl sites for hydroxylation is 1. The fourth-order valence-electron chi connectivity index (χ4n) is 8.09. The van der Waals surface area contributed by atoms with Crippen molar-refractivity contribution >= 4 is 65.7 Å². The lowest BCUT2D eigenvalue weighted by atomic mass is 9.88. The predicted molar refractivity (Wildman–Crippen MR) is 217 cm³/mol. The minimum absolute atomic E-state index is 0.154. The molecule has 0 saturated carbocycles. The molecule has 0 N–H and O–H groups in total. The molecule has 3 aromatic heterocycles. The van der Waals surface area contributed by atoms with Crippen molar-refractivity contribution in [1.82, 2.24) is 9.55 Å². The highest BCUT2D eigenvalue weighted by Gasteiger charge is 2.27. The van der Waals surface area contributed by atoms with Crippen molar-refractivity contribution in [2.75, 3.05) is 0 Å². The molecule has 52 heavy (non-hydrogen) atoms. The Kier molecular flexibility index (Phi) is 6.07. The first-order valence-electron chi connectivity index (χ1n) is 19.5. The summed E-state index contributed by atoms with van der Waals surface area (Å²) in [6.45, 7) is 6.68. The average Bonchev–Trinajstić information content (AvgIpc) is 3.87. The van der Waals surface area contributed by atoms with Gasteiger partial charge in [0.05, 0.1) is 22.3 Å². The quantitative estimate of drug-likeness (QED) is 0.182. The van der Waals surface area contributed by atoms with Gasteiger partial charge in [-0.1, -0.05) is 112 Å². The number of aromatic nitrogens is 2. The number of benzene rings is 7. The first kappa shape index (κ1) is 27.6. The number of imidazole rings is 1. The molecule has 0 aliphatic carbocycles. The first-order chi connectivity index (χ1) is 26.5. The van der Waals surface area contributed by atoms with E-state index in [1.807, 2.05) is 48.5 Å². The lowest BCUT2D eigenvalue weighted by Crippen LogP contribution is -2.09. The molecule has 0 aliphatic heterocycles. The van der Waals surface area contributed by atoms with E-state index in [4.69, 9.17) is 17.9 Å². The predicted octanol–water partition coefficient (Wildman–Crippen LogP) is 13.9. The van der Waals surface area contributed by atoms with Crippen molar-refractivity contribution in [3.63, 3.8) is 0 Å². The number of hydrogen-bond donors (Lipinski definition) is 0. The average molecular weight is 678 g/mol. The number of rotatable bonds is 5. The van der Waals surface area contributed by atoms with Crippen LogP contribution in [-0.4, -0.2) is 9.55 Å². The van der Waals surface area contributed by atoms with E-state index >= 15 is 0 Å². The third-order valence-corrected chi connectivity index (χ3v) is 10.6. The SMILES string of the molecule is [2H]C([2H])([2H])c1ccc2ccc3nc(-c4cccc5c4oc4cc6c(cc45)oc4ccccc46)n(-c4c(C(C)C)cc(-c5ccccc5)cc4C(C)C)c3c2c1. The van der Waals surface area contributed by atoms with Crippen LogP contribution in [-0.2, 0) is 0 Å². The maximum Gasteiger partial charge on any atom is 0.149 e. The Morgan fingerprint density at radius 2 is 1.27 bits per heavy atom. The summed E-state index contributed by atoms with van der Waals surface area (Å²) in [6.07, 6.45) is 0. The summed E-state index contributed by atoms with van der Waals surface area (Å²) in [5.41, 5.74) is 11.7. The molecule has 3 heterocycles. The maximum absolute atomic E-state index is 8.32. The van der Waals surface area contributed by atoms with E-state index in [-0.39, 0.29) is 11.8 Å². The van der Waals surface area contributed by atoms with E-state index in [2.05, 4.69) is 105 Å². The fraction of sp³-hybridized carbons (Fsp3) is 0.146. The van der Waals surface area contributed by atoms with Crippen LogP contribution in [0.4, 0.5) is 0 Å². The molecule has 0 radical (unpaired) electrons. The van der Waals surface area contributed by atoms with Crippen molar-refractivity contribution in [2.45, 2.75) is 46.4 Å². The molecule has 0 aliphatic rings. The Hall–Kier alpha value is -6.13. The van der Waals surface area contributed by atoms with E-state index < -0.39 is 6.85 Å². The lowest BCUT2D eigenvalue weighted by molar-refractivity contribution is 0.664. The van der Waals surface area contributed by atoms with Gasteiger partial charge in [0.2, 0.25) is 0 Å². The van der Waals surface area contributed by atoms with Crippen LogP contribution in [0.1, 0.15) is 60.3 Å². The van der Waals surface area contributed by atoms with Gasteiger partial charge in [0.15, 0.2) is 0 Å². The molecule has 10 aromatic rings. The molecule has 0 saturated heterocycles. The van der Waals surface area contributed by atoms with Crippen LogP contribution in [0.5, 0.6) is 0 Å². The van der Waals surface area contributed by atoms with Gasteiger partial charge < -0.3 is 8.83 Å². The van der Waals surface area contributed by atoms with Gasteiger partial charge in [0.1, 0.15) is 28.2 Å². The Morgan fingerprint density at radius 3 is 2.04 bits per heavy atom. The van der Waals surface area contributed by atoms with Crippen LogP contribution in [0.15, 0.2) is 136 Å². The van der Waals surface area contributed by atoms with Gasteiger partial charge in [-0.2, -0.15) is 0 Å². The Balaban J connectivity index is 1.34. The highest BCUT2D eigenvalue weighted by Crippen LogP contribution is 2.45. The molecule has 0 fully saturated rings. The summed E-state index contributed by atoms with van der Waals surface area (Å²) in [7, 11) is 0. The summed E-state index contributed by atoms with van der Waals surface area (Å²) in [6, 6.07) is 43.2. The largest absolute Gasteiger partial charge is 0.456 e. The van der Waals surface area contributed by atoms with Crippen LogP contribution in [0.3, 0.4) is 0 Å². The van der Waals surface area contributed by atoms with Crippen molar-refractivity contribution in [3.05, 3.63) is 144 Å². The molecule has 0 atom stereocenters. The Labute approximate surface area is 306 Å². The van der Waals surface area contributed by atoms with Crippen LogP contribution in [0.25, 0.3) is 93.9 Å². The van der Waals surface area contributed by atoms with Crippen molar-refractivity contribution < 1.29 is 12.9 Å². The third-order valence-electron chi connectivity index (χ3n) is 10.6. The van der Waals surface area contributed by atoms with E-state index in [9.17, 15) is 0 Å². The van der Waals surface area contributed by atoms with E-state index in [0.717, 1.165) is 93.9 Å². The molecule has 4 nitrogen and oxygen atoms in total. The second-order valence-electron chi connectivity index (χ2n) is 14.5. The minimum atomic E-state index is -2.27. The zero-order valence-corrected chi connectivity index (χ0v) is 29.5. The van der Waals surface area contributed by atoms with E-state index in [1.54, 1.807) is 6.07 Å². The van der Waals surface area contributed by atoms with Gasteiger partial charge in [0.25, 0.3) is 0 Å². The van der Waals surface area contributed by atoms with Gasteiger partial charge in [-0.3, -0.25) is 4.57 Å². The highest BCUT2D eigenvalue weighted by atomic mass is 16.3. The zero-order chi connectivity index (χ0) is 37.7. The van der Waals surface area contributed by atoms with E-state index in [1.165, 1.54) is 11.1 Å². The second-order valence-corrected chi connectivity index (χ2v) is 14.5. The van der Waals surface area contributed by atoms with Gasteiger partial charge >= 0.3 is 0 Å². The molecular weight excluding hydrogens is 637 g/mol. The molecule has 10 rings (SSSR count).